The molecule has 0 atom stereocenters. The van der Waals surface area contributed by atoms with Gasteiger partial charge in [0.2, 0.25) is 5.65 Å². The van der Waals surface area contributed by atoms with E-state index in [9.17, 15) is 0 Å². The molecule has 0 spiro atoms. The van der Waals surface area contributed by atoms with E-state index >= 15 is 0 Å². The molecule has 2 aromatic rings. The average molecular weight is 134 g/mol. The molecule has 0 unspecified atom stereocenters. The van der Waals surface area contributed by atoms with E-state index in [0.717, 1.165) is 0 Å². The summed E-state index contributed by atoms with van der Waals surface area (Å²) in [6.07, 6.45) is 1.53. The highest BCUT2D eigenvalue weighted by Gasteiger charge is 1.93. The topological polar surface area (TPSA) is 77.3 Å². The predicted molar refractivity (Wildman–Crippen MR) is 30.7 cm³/mol. The van der Waals surface area contributed by atoms with Crippen LogP contribution in [0.5, 0.6) is 0 Å². The molecule has 0 aliphatic carbocycles. The molecule has 0 radical (unpaired) electrons. The lowest BCUT2D eigenvalue weighted by atomic mass is 10.5. The lowest BCUT2D eigenvalue weighted by Crippen LogP contribution is -1.94. The van der Waals surface area contributed by atoms with Crippen LogP contribution in [0.2, 0.25) is 0 Å². The van der Waals surface area contributed by atoms with Crippen molar-refractivity contribution >= 4 is 11.2 Å². The van der Waals surface area contributed by atoms with Crippen LogP contribution in [0.25, 0.3) is 11.2 Å². The van der Waals surface area contributed by atoms with E-state index in [1.807, 2.05) is 0 Å². The first kappa shape index (κ1) is 5.10. The maximum Gasteiger partial charge on any atom is 0.225 e. The van der Waals surface area contributed by atoms with Crippen molar-refractivity contribution in [1.29, 1.82) is 0 Å². The molecule has 2 rings (SSSR count). The smallest absolute Gasteiger partial charge is 0.157 e. The molecule has 6 nitrogen and oxygen atoms in total. The van der Waals surface area contributed by atoms with Crippen LogP contribution in [0, 0.1) is 0 Å². The van der Waals surface area contributed by atoms with E-state index in [1.165, 1.54) is 6.20 Å². The molecule has 0 aliphatic heterocycles. The predicted octanol–water partition coefficient (Wildman–Crippen LogP) is -0.790. The maximum absolute atomic E-state index is 3.66. The van der Waals surface area contributed by atoms with Gasteiger partial charge in [-0.15, -0.1) is 15.3 Å². The molecule has 0 saturated heterocycles. The number of fused-ring (bicyclic) bond motifs is 1. The van der Waals surface area contributed by atoms with Crippen molar-refractivity contribution in [2.45, 2.75) is 0 Å². The van der Waals surface area contributed by atoms with E-state index in [0.29, 0.717) is 11.2 Å². The largest absolute Gasteiger partial charge is 0.225 e. The van der Waals surface area contributed by atoms with Crippen LogP contribution in [-0.2, 0) is 0 Å². The Morgan fingerprint density at radius 1 is 1.00 bits per heavy atom. The number of aromatic nitrogens is 6. The summed E-state index contributed by atoms with van der Waals surface area (Å²) in [7, 11) is 0. The highest BCUT2D eigenvalue weighted by molar-refractivity contribution is 5.65. The summed E-state index contributed by atoms with van der Waals surface area (Å²) in [4.78, 5) is 0. The van der Waals surface area contributed by atoms with Crippen LogP contribution in [0.3, 0.4) is 0 Å². The van der Waals surface area contributed by atoms with Crippen LogP contribution in [0.1, 0.15) is 0 Å². The lowest BCUT2D eigenvalue weighted by Gasteiger charge is -1.85. The summed E-state index contributed by atoms with van der Waals surface area (Å²) >= 11 is 0. The van der Waals surface area contributed by atoms with E-state index in [1.54, 1.807) is 6.07 Å². The molecule has 0 fully saturated rings. The minimum atomic E-state index is 0.414. The minimum Gasteiger partial charge on any atom is -0.157 e. The summed E-state index contributed by atoms with van der Waals surface area (Å²) < 4.78 is 0. The summed E-state index contributed by atoms with van der Waals surface area (Å²) in [6, 6.07) is 1.67. The number of hydrogen-bond donors (Lipinski definition) is 0. The Bertz CT molecular complexity index is 281. The third kappa shape index (κ3) is 0.661. The summed E-state index contributed by atoms with van der Waals surface area (Å²) in [5.41, 5.74) is 1.02. The number of nitrogens with zero attached hydrogens (tertiary/aromatic N) is 6. The van der Waals surface area contributed by atoms with Gasteiger partial charge in [0, 0.05) is 0 Å². The van der Waals surface area contributed by atoms with E-state index in [-0.39, 0.29) is 0 Å². The summed E-state index contributed by atoms with van der Waals surface area (Å²) in [5, 5.41) is 21.1. The van der Waals surface area contributed by atoms with Crippen LogP contribution >= 0.6 is 0 Å². The fourth-order valence-electron chi connectivity index (χ4n) is 0.598. The van der Waals surface area contributed by atoms with Crippen molar-refractivity contribution in [3.05, 3.63) is 12.3 Å². The second-order valence-electron chi connectivity index (χ2n) is 1.62. The molecule has 0 saturated carbocycles. The van der Waals surface area contributed by atoms with Gasteiger partial charge in [-0.3, -0.25) is 0 Å². The number of rotatable bonds is 0. The SMILES string of the molecule is c1cc2nnnnc2nn1. The van der Waals surface area contributed by atoms with Crippen molar-refractivity contribution in [2.24, 2.45) is 0 Å². The fourth-order valence-corrected chi connectivity index (χ4v) is 0.598. The van der Waals surface area contributed by atoms with Gasteiger partial charge in [-0.2, -0.15) is 5.10 Å². The van der Waals surface area contributed by atoms with E-state index < -0.39 is 0 Å². The van der Waals surface area contributed by atoms with Crippen molar-refractivity contribution < 1.29 is 0 Å². The van der Waals surface area contributed by atoms with Gasteiger partial charge in [-0.05, 0) is 16.5 Å². The molecular weight excluding hydrogens is 132 g/mol. The quantitative estimate of drug-likeness (QED) is 0.469. The zero-order valence-corrected chi connectivity index (χ0v) is 4.84. The standard InChI is InChI=1S/C4H2N6/c1-2-5-7-4-3(1)6-9-10-8-4/h1-2H. The van der Waals surface area contributed by atoms with Crippen molar-refractivity contribution in [3.63, 3.8) is 0 Å². The number of hydrogen-bond acceptors (Lipinski definition) is 6. The van der Waals surface area contributed by atoms with Crippen molar-refractivity contribution in [3.8, 4) is 0 Å². The second kappa shape index (κ2) is 1.90. The van der Waals surface area contributed by atoms with Gasteiger partial charge >= 0.3 is 0 Å². The van der Waals surface area contributed by atoms with Gasteiger partial charge < -0.3 is 0 Å². The minimum absolute atomic E-state index is 0.414. The van der Waals surface area contributed by atoms with Gasteiger partial charge in [-0.1, -0.05) is 0 Å². The Labute approximate surface area is 55.3 Å². The van der Waals surface area contributed by atoms with Crippen LogP contribution in [0.4, 0.5) is 0 Å². The van der Waals surface area contributed by atoms with Crippen LogP contribution in [-0.4, -0.2) is 30.8 Å². The van der Waals surface area contributed by atoms with Gasteiger partial charge in [-0.25, -0.2) is 0 Å². The Hall–Kier alpha value is -1.72. The van der Waals surface area contributed by atoms with Gasteiger partial charge in [0.05, 0.1) is 6.20 Å². The molecule has 2 heterocycles. The average Bonchev–Trinajstić information content (AvgIpc) is 2.05. The van der Waals surface area contributed by atoms with Gasteiger partial charge in [0.25, 0.3) is 0 Å². The van der Waals surface area contributed by atoms with Crippen molar-refractivity contribution in [1.82, 2.24) is 30.8 Å². The van der Waals surface area contributed by atoms with Gasteiger partial charge in [0.1, 0.15) is 5.52 Å². The van der Waals surface area contributed by atoms with Crippen LogP contribution in [0.15, 0.2) is 12.3 Å². The molecular formula is C4H2N6. The first-order valence-corrected chi connectivity index (χ1v) is 2.60. The van der Waals surface area contributed by atoms with Gasteiger partial charge in [0.15, 0.2) is 0 Å². The third-order valence-corrected chi connectivity index (χ3v) is 1.01. The molecule has 0 bridgehead atoms. The Kier molecular flexibility index (Phi) is 0.970. The molecule has 0 aliphatic rings. The first-order valence-electron chi connectivity index (χ1n) is 2.60. The monoisotopic (exact) mass is 134 g/mol. The maximum atomic E-state index is 3.66. The van der Waals surface area contributed by atoms with Crippen LogP contribution < -0.4 is 0 Å². The Morgan fingerprint density at radius 3 is 2.80 bits per heavy atom. The highest BCUT2D eigenvalue weighted by atomic mass is 15.4. The molecule has 0 amide bonds. The molecule has 2 aromatic heterocycles. The second-order valence-corrected chi connectivity index (χ2v) is 1.62. The zero-order valence-electron chi connectivity index (χ0n) is 4.84. The van der Waals surface area contributed by atoms with E-state index in [2.05, 4.69) is 30.8 Å². The Morgan fingerprint density at radius 2 is 1.90 bits per heavy atom. The lowest BCUT2D eigenvalue weighted by molar-refractivity contribution is 0.783. The summed E-state index contributed by atoms with van der Waals surface area (Å²) in [5.74, 6) is 0. The zero-order chi connectivity index (χ0) is 6.81. The highest BCUT2D eigenvalue weighted by Crippen LogP contribution is 1.95. The molecule has 48 valence electrons. The first-order chi connectivity index (χ1) is 4.97. The van der Waals surface area contributed by atoms with E-state index in [4.69, 9.17) is 0 Å². The Balaban J connectivity index is 2.89. The third-order valence-electron chi connectivity index (χ3n) is 1.01. The molecule has 6 heteroatoms. The molecule has 0 aromatic carbocycles. The fraction of sp³-hybridized carbons (Fsp3) is 0. The normalized spacial score (nSPS) is 10.0. The van der Waals surface area contributed by atoms with Crippen molar-refractivity contribution in [2.75, 3.05) is 0 Å². The molecule has 10 heavy (non-hydrogen) atoms. The summed E-state index contributed by atoms with van der Waals surface area (Å²) in [6.45, 7) is 0. The molecule has 0 N–H and O–H groups in total.